The molecule has 0 radical (unpaired) electrons. The minimum atomic E-state index is 0.155. The first-order chi connectivity index (χ1) is 17.7. The molecule has 8 heteroatoms. The fraction of sp³-hybridized carbons (Fsp3) is 0.286. The molecular weight excluding hydrogens is 450 g/mol. The van der Waals surface area contributed by atoms with Gasteiger partial charge in [-0.15, -0.1) is 5.10 Å². The van der Waals surface area contributed by atoms with E-state index in [1.165, 1.54) is 11.1 Å². The summed E-state index contributed by atoms with van der Waals surface area (Å²) < 4.78 is 10.1. The second-order valence-electron chi connectivity index (χ2n) is 9.71. The summed E-state index contributed by atoms with van der Waals surface area (Å²) >= 11 is 0. The van der Waals surface area contributed by atoms with Crippen molar-refractivity contribution in [2.45, 2.75) is 25.8 Å². The van der Waals surface area contributed by atoms with Gasteiger partial charge in [-0.1, -0.05) is 35.5 Å². The molecule has 0 amide bonds. The number of benzene rings is 2. The maximum absolute atomic E-state index is 5.77. The van der Waals surface area contributed by atoms with Crippen LogP contribution in [0, 0.1) is 12.8 Å². The van der Waals surface area contributed by atoms with Crippen LogP contribution in [0.15, 0.2) is 60.9 Å². The van der Waals surface area contributed by atoms with E-state index < -0.39 is 0 Å². The van der Waals surface area contributed by atoms with Gasteiger partial charge in [-0.25, -0.2) is 4.68 Å². The third-order valence-electron chi connectivity index (χ3n) is 7.63. The number of nitrogens with one attached hydrogen (secondary N) is 1. The summed E-state index contributed by atoms with van der Waals surface area (Å²) in [6.07, 6.45) is 5.90. The molecule has 1 fully saturated rings. The predicted molar refractivity (Wildman–Crippen MR) is 140 cm³/mol. The van der Waals surface area contributed by atoms with E-state index in [2.05, 4.69) is 73.6 Å². The minimum absolute atomic E-state index is 0.155. The summed E-state index contributed by atoms with van der Waals surface area (Å²) in [5.74, 6) is 0.448. The fourth-order valence-corrected chi connectivity index (χ4v) is 6.01. The molecule has 4 aromatic heterocycles. The Bertz CT molecular complexity index is 1690. The first kappa shape index (κ1) is 21.3. The van der Waals surface area contributed by atoms with E-state index in [0.29, 0.717) is 5.92 Å². The molecule has 0 aliphatic carbocycles. The molecule has 1 aliphatic heterocycles. The monoisotopic (exact) mass is 477 g/mol. The van der Waals surface area contributed by atoms with Crippen LogP contribution < -0.4 is 0 Å². The van der Waals surface area contributed by atoms with Crippen molar-refractivity contribution in [1.29, 1.82) is 0 Å². The number of fused-ring (bicyclic) bond motifs is 5. The Morgan fingerprint density at radius 3 is 2.64 bits per heavy atom. The van der Waals surface area contributed by atoms with Crippen molar-refractivity contribution in [1.82, 2.24) is 34.7 Å². The molecule has 7 rings (SSSR count). The van der Waals surface area contributed by atoms with Crippen molar-refractivity contribution in [3.8, 4) is 11.3 Å². The maximum atomic E-state index is 5.77. The van der Waals surface area contributed by atoms with Crippen molar-refractivity contribution in [2.24, 2.45) is 13.0 Å². The molecule has 0 unspecified atom stereocenters. The highest BCUT2D eigenvalue weighted by Crippen LogP contribution is 2.42. The first-order valence-electron chi connectivity index (χ1n) is 12.5. The Hall–Kier alpha value is -4.04. The molecule has 1 atom stereocenters. The van der Waals surface area contributed by atoms with Crippen LogP contribution in [-0.2, 0) is 11.8 Å². The van der Waals surface area contributed by atoms with Gasteiger partial charge in [0.15, 0.2) is 0 Å². The zero-order chi connectivity index (χ0) is 24.2. The zero-order valence-corrected chi connectivity index (χ0v) is 20.3. The van der Waals surface area contributed by atoms with Crippen LogP contribution in [-0.4, -0.2) is 48.0 Å². The quantitative estimate of drug-likeness (QED) is 0.378. The van der Waals surface area contributed by atoms with Gasteiger partial charge >= 0.3 is 0 Å². The Morgan fingerprint density at radius 1 is 1.03 bits per heavy atom. The standard InChI is InChI=1S/C28H27N7O/c1-17-27(34(2)33-31-17)20-14-24-26(29-15-20)25-21-16-30-32-22(21)8-9-23(25)35(24)28(18-6-4-3-5-7-18)19-10-12-36-13-11-19/h3-9,14-16,19,28H,10-13H2,1-2H3,(H,30,32)/t28-/m1/s1. The second-order valence-corrected chi connectivity index (χ2v) is 9.71. The van der Waals surface area contributed by atoms with Gasteiger partial charge in [-0.3, -0.25) is 10.1 Å². The number of ether oxygens (including phenoxy) is 1. The molecule has 2 aromatic carbocycles. The van der Waals surface area contributed by atoms with Crippen LogP contribution in [0.2, 0.25) is 0 Å². The SMILES string of the molecule is Cc1nnn(C)c1-c1cnc2c3c4cn[nH]c4ccc3n([C@H](c3ccccc3)C3CCOCC3)c2c1. The molecule has 180 valence electrons. The lowest BCUT2D eigenvalue weighted by molar-refractivity contribution is 0.0553. The number of hydrogen-bond acceptors (Lipinski definition) is 5. The third kappa shape index (κ3) is 3.18. The number of aryl methyl sites for hydroxylation is 2. The maximum Gasteiger partial charge on any atom is 0.0967 e. The summed E-state index contributed by atoms with van der Waals surface area (Å²) in [5, 5.41) is 18.2. The van der Waals surface area contributed by atoms with Gasteiger partial charge in [0.05, 0.1) is 45.7 Å². The van der Waals surface area contributed by atoms with E-state index in [1.54, 1.807) is 0 Å². The van der Waals surface area contributed by atoms with Crippen molar-refractivity contribution >= 4 is 32.8 Å². The number of aromatic amines is 1. The van der Waals surface area contributed by atoms with Gasteiger partial charge in [0.1, 0.15) is 0 Å². The minimum Gasteiger partial charge on any atom is -0.381 e. The van der Waals surface area contributed by atoms with E-state index in [4.69, 9.17) is 9.72 Å². The molecule has 0 bridgehead atoms. The average molecular weight is 478 g/mol. The van der Waals surface area contributed by atoms with E-state index in [0.717, 1.165) is 70.3 Å². The number of aromatic nitrogens is 7. The van der Waals surface area contributed by atoms with E-state index in [9.17, 15) is 0 Å². The van der Waals surface area contributed by atoms with Crippen LogP contribution in [0.1, 0.15) is 30.1 Å². The van der Waals surface area contributed by atoms with Crippen LogP contribution >= 0.6 is 0 Å². The second kappa shape index (κ2) is 8.27. The number of hydrogen-bond donors (Lipinski definition) is 1. The Labute approximate surface area is 207 Å². The summed E-state index contributed by atoms with van der Waals surface area (Å²) in [6.45, 7) is 3.58. The van der Waals surface area contributed by atoms with Gasteiger partial charge in [-0.2, -0.15) is 5.10 Å². The lowest BCUT2D eigenvalue weighted by Crippen LogP contribution is -2.26. The van der Waals surface area contributed by atoms with Gasteiger partial charge in [0, 0.05) is 42.8 Å². The summed E-state index contributed by atoms with van der Waals surface area (Å²) in [6, 6.07) is 17.6. The largest absolute Gasteiger partial charge is 0.381 e. The molecule has 1 aliphatic rings. The van der Waals surface area contributed by atoms with Crippen molar-refractivity contribution in [3.05, 3.63) is 72.2 Å². The van der Waals surface area contributed by atoms with Gasteiger partial charge in [0.25, 0.3) is 0 Å². The van der Waals surface area contributed by atoms with Gasteiger partial charge in [-0.05, 0) is 49.4 Å². The summed E-state index contributed by atoms with van der Waals surface area (Å²) in [4.78, 5) is 5.06. The highest BCUT2D eigenvalue weighted by Gasteiger charge is 2.30. The Balaban J connectivity index is 1.59. The van der Waals surface area contributed by atoms with Crippen LogP contribution in [0.5, 0.6) is 0 Å². The number of pyridine rings is 1. The topological polar surface area (TPSA) is 86.4 Å². The van der Waals surface area contributed by atoms with Crippen molar-refractivity contribution in [2.75, 3.05) is 13.2 Å². The highest BCUT2D eigenvalue weighted by atomic mass is 16.5. The molecule has 0 saturated carbocycles. The normalized spacial score (nSPS) is 15.8. The average Bonchev–Trinajstić information content (AvgIpc) is 3.61. The van der Waals surface area contributed by atoms with Crippen molar-refractivity contribution in [3.63, 3.8) is 0 Å². The molecule has 1 N–H and O–H groups in total. The molecule has 0 spiro atoms. The molecule has 36 heavy (non-hydrogen) atoms. The Kier molecular flexibility index (Phi) is 4.89. The Morgan fingerprint density at radius 2 is 1.86 bits per heavy atom. The predicted octanol–water partition coefficient (Wildman–Crippen LogP) is 5.19. The lowest BCUT2D eigenvalue weighted by Gasteiger charge is -2.33. The van der Waals surface area contributed by atoms with Crippen LogP contribution in [0.4, 0.5) is 0 Å². The molecular formula is C28H27N7O. The molecule has 5 heterocycles. The highest BCUT2D eigenvalue weighted by molar-refractivity contribution is 6.19. The van der Waals surface area contributed by atoms with Crippen molar-refractivity contribution < 1.29 is 4.74 Å². The van der Waals surface area contributed by atoms with Crippen LogP contribution in [0.25, 0.3) is 44.1 Å². The number of nitrogens with zero attached hydrogens (tertiary/aromatic N) is 6. The molecule has 1 saturated heterocycles. The fourth-order valence-electron chi connectivity index (χ4n) is 6.01. The molecule has 8 nitrogen and oxygen atoms in total. The summed E-state index contributed by atoms with van der Waals surface area (Å²) in [7, 11) is 1.93. The van der Waals surface area contributed by atoms with Crippen LogP contribution in [0.3, 0.4) is 0 Å². The first-order valence-corrected chi connectivity index (χ1v) is 12.5. The molecule has 6 aromatic rings. The van der Waals surface area contributed by atoms with Gasteiger partial charge < -0.3 is 9.30 Å². The lowest BCUT2D eigenvalue weighted by atomic mass is 9.86. The smallest absolute Gasteiger partial charge is 0.0967 e. The number of H-pyrrole nitrogens is 1. The van der Waals surface area contributed by atoms with E-state index in [-0.39, 0.29) is 6.04 Å². The third-order valence-corrected chi connectivity index (χ3v) is 7.63. The zero-order valence-electron chi connectivity index (χ0n) is 20.3. The van der Waals surface area contributed by atoms with E-state index in [1.807, 2.05) is 31.0 Å². The summed E-state index contributed by atoms with van der Waals surface area (Å²) in [5.41, 5.74) is 8.47. The van der Waals surface area contributed by atoms with E-state index >= 15 is 0 Å². The number of rotatable bonds is 4. The van der Waals surface area contributed by atoms with Gasteiger partial charge in [0.2, 0.25) is 0 Å².